The zero-order chi connectivity index (χ0) is 19.3. The van der Waals surface area contributed by atoms with Crippen molar-refractivity contribution in [1.82, 2.24) is 10.7 Å². The number of nitrogens with one attached hydrogen (secondary N) is 3. The minimum Gasteiger partial charge on any atom is -0.357 e. The number of benzene rings is 2. The smallest absolute Gasteiger partial charge is 0.357 e. The van der Waals surface area contributed by atoms with Gasteiger partial charge in [-0.3, -0.25) is 21.0 Å². The van der Waals surface area contributed by atoms with Crippen LogP contribution in [-0.4, -0.2) is 10.0 Å². The Labute approximate surface area is 150 Å². The summed E-state index contributed by atoms with van der Waals surface area (Å²) in [7, 11) is 0. The Morgan fingerprint density at radius 3 is 2.38 bits per heavy atom. The van der Waals surface area contributed by atoms with Gasteiger partial charge in [0.15, 0.2) is 5.11 Å². The third kappa shape index (κ3) is 5.28. The number of anilines is 1. The molecule has 0 atom stereocenters. The van der Waals surface area contributed by atoms with E-state index in [0.29, 0.717) is 12.1 Å². The molecule has 3 N–H and O–H groups in total. The van der Waals surface area contributed by atoms with Gasteiger partial charge >= 0.3 is 6.18 Å². The van der Waals surface area contributed by atoms with E-state index in [0.717, 1.165) is 11.6 Å². The fourth-order valence-electron chi connectivity index (χ4n) is 1.92. The standard InChI is InChI=1S/C15H12F4N4O2S/c16-11-4-1-9(2-5-11)8-20-14(26)22-21-12-6-3-10(15(17,18)19)7-13(12)23(24)25/h1-7,21H,8H2,(H2,20,22,26). The highest BCUT2D eigenvalue weighted by molar-refractivity contribution is 7.80. The maximum atomic E-state index is 12.8. The number of nitro benzene ring substituents is 1. The molecule has 0 amide bonds. The van der Waals surface area contributed by atoms with Gasteiger partial charge in [-0.05, 0) is 42.0 Å². The van der Waals surface area contributed by atoms with Gasteiger partial charge in [-0.25, -0.2) is 4.39 Å². The Morgan fingerprint density at radius 2 is 1.81 bits per heavy atom. The van der Waals surface area contributed by atoms with Gasteiger partial charge in [0.2, 0.25) is 0 Å². The molecule has 0 aliphatic carbocycles. The molecule has 0 fully saturated rings. The number of nitro groups is 1. The number of hydrazine groups is 1. The van der Waals surface area contributed by atoms with Crippen molar-refractivity contribution in [2.24, 2.45) is 0 Å². The van der Waals surface area contributed by atoms with Crippen LogP contribution in [0.5, 0.6) is 0 Å². The Bertz CT molecular complexity index is 812. The summed E-state index contributed by atoms with van der Waals surface area (Å²) in [6.45, 7) is 0.253. The van der Waals surface area contributed by atoms with Crippen molar-refractivity contribution in [2.45, 2.75) is 12.7 Å². The predicted octanol–water partition coefficient (Wildman–Crippen LogP) is 3.74. The molecule has 2 aromatic carbocycles. The maximum Gasteiger partial charge on any atom is 0.416 e. The van der Waals surface area contributed by atoms with Crippen molar-refractivity contribution in [3.8, 4) is 0 Å². The van der Waals surface area contributed by atoms with Crippen molar-refractivity contribution in [1.29, 1.82) is 0 Å². The van der Waals surface area contributed by atoms with Crippen molar-refractivity contribution < 1.29 is 22.5 Å². The lowest BCUT2D eigenvalue weighted by molar-refractivity contribution is -0.384. The third-order valence-corrected chi connectivity index (χ3v) is 3.45. The van der Waals surface area contributed by atoms with Crippen molar-refractivity contribution in [3.05, 3.63) is 69.5 Å². The van der Waals surface area contributed by atoms with Gasteiger partial charge in [-0.1, -0.05) is 12.1 Å². The summed E-state index contributed by atoms with van der Waals surface area (Å²) in [5.74, 6) is -0.384. The second kappa shape index (κ2) is 7.95. The summed E-state index contributed by atoms with van der Waals surface area (Å²) >= 11 is 4.96. The lowest BCUT2D eigenvalue weighted by Gasteiger charge is -2.14. The van der Waals surface area contributed by atoms with Gasteiger partial charge in [-0.2, -0.15) is 13.2 Å². The van der Waals surface area contributed by atoms with E-state index >= 15 is 0 Å². The number of hydrogen-bond acceptors (Lipinski definition) is 4. The summed E-state index contributed by atoms with van der Waals surface area (Å²) in [6, 6.07) is 7.70. The Kier molecular flexibility index (Phi) is 5.93. The fourth-order valence-corrected chi connectivity index (χ4v) is 2.04. The van der Waals surface area contributed by atoms with E-state index in [2.05, 4.69) is 16.2 Å². The number of nitrogens with zero attached hydrogens (tertiary/aromatic N) is 1. The van der Waals surface area contributed by atoms with E-state index in [-0.39, 0.29) is 23.2 Å². The Balaban J connectivity index is 1.98. The number of rotatable bonds is 5. The predicted molar refractivity (Wildman–Crippen MR) is 90.7 cm³/mol. The summed E-state index contributed by atoms with van der Waals surface area (Å²) < 4.78 is 50.8. The largest absolute Gasteiger partial charge is 0.416 e. The molecule has 138 valence electrons. The molecule has 0 heterocycles. The summed E-state index contributed by atoms with van der Waals surface area (Å²) in [6.07, 6.45) is -4.69. The number of hydrogen-bond donors (Lipinski definition) is 3. The molecule has 0 aliphatic heterocycles. The molecular formula is C15H12F4N4O2S. The first kappa shape index (κ1) is 19.4. The van der Waals surface area contributed by atoms with Crippen molar-refractivity contribution in [3.63, 3.8) is 0 Å². The molecule has 0 bridgehead atoms. The lowest BCUT2D eigenvalue weighted by atomic mass is 10.1. The first-order valence-electron chi connectivity index (χ1n) is 7.07. The number of halogens is 4. The van der Waals surface area contributed by atoms with Gasteiger partial charge in [-0.15, -0.1) is 0 Å². The van der Waals surface area contributed by atoms with Crippen LogP contribution in [0.3, 0.4) is 0 Å². The summed E-state index contributed by atoms with van der Waals surface area (Å²) in [4.78, 5) is 10.0. The molecule has 0 saturated carbocycles. The maximum absolute atomic E-state index is 12.8. The van der Waals surface area contributed by atoms with Crippen LogP contribution in [0.2, 0.25) is 0 Å². The van der Waals surface area contributed by atoms with Gasteiger partial charge in [0, 0.05) is 12.6 Å². The second-order valence-corrected chi connectivity index (χ2v) is 5.45. The van der Waals surface area contributed by atoms with Crippen LogP contribution in [0.25, 0.3) is 0 Å². The summed E-state index contributed by atoms with van der Waals surface area (Å²) in [5.41, 5.74) is 3.50. The molecule has 0 radical (unpaired) electrons. The fraction of sp³-hybridized carbons (Fsp3) is 0.133. The van der Waals surface area contributed by atoms with E-state index in [1.54, 1.807) is 12.1 Å². The van der Waals surface area contributed by atoms with Gasteiger partial charge in [0.05, 0.1) is 10.5 Å². The molecule has 0 aromatic heterocycles. The van der Waals surface area contributed by atoms with Crippen LogP contribution < -0.4 is 16.2 Å². The highest BCUT2D eigenvalue weighted by atomic mass is 32.1. The molecule has 2 rings (SSSR count). The zero-order valence-electron chi connectivity index (χ0n) is 12.9. The Hall–Kier alpha value is -2.95. The third-order valence-electron chi connectivity index (χ3n) is 3.20. The van der Waals surface area contributed by atoms with Gasteiger partial charge < -0.3 is 5.32 Å². The van der Waals surface area contributed by atoms with Crippen LogP contribution in [0.1, 0.15) is 11.1 Å². The lowest BCUT2D eigenvalue weighted by Crippen LogP contribution is -2.38. The van der Waals surface area contributed by atoms with Crippen LogP contribution in [0, 0.1) is 15.9 Å². The second-order valence-electron chi connectivity index (χ2n) is 5.05. The first-order valence-corrected chi connectivity index (χ1v) is 7.47. The number of thiocarbonyl (C=S) groups is 1. The molecule has 0 unspecified atom stereocenters. The topological polar surface area (TPSA) is 79.2 Å². The van der Waals surface area contributed by atoms with Crippen molar-refractivity contribution >= 4 is 28.7 Å². The Morgan fingerprint density at radius 1 is 1.15 bits per heavy atom. The highest BCUT2D eigenvalue weighted by Crippen LogP contribution is 2.34. The number of alkyl halides is 3. The molecular weight excluding hydrogens is 376 g/mol. The molecule has 26 heavy (non-hydrogen) atoms. The monoisotopic (exact) mass is 388 g/mol. The summed E-state index contributed by atoms with van der Waals surface area (Å²) in [5, 5.41) is 13.8. The average molecular weight is 388 g/mol. The average Bonchev–Trinajstić information content (AvgIpc) is 2.58. The van der Waals surface area contributed by atoms with Crippen molar-refractivity contribution in [2.75, 3.05) is 5.43 Å². The molecule has 2 aromatic rings. The van der Waals surface area contributed by atoms with E-state index in [4.69, 9.17) is 12.2 Å². The van der Waals surface area contributed by atoms with Crippen LogP contribution in [0.15, 0.2) is 42.5 Å². The van der Waals surface area contributed by atoms with Crippen LogP contribution in [-0.2, 0) is 12.7 Å². The van der Waals surface area contributed by atoms with Crippen LogP contribution >= 0.6 is 12.2 Å². The van der Waals surface area contributed by atoms with Gasteiger partial charge in [0.1, 0.15) is 11.5 Å². The molecule has 0 spiro atoms. The van der Waals surface area contributed by atoms with Crippen LogP contribution in [0.4, 0.5) is 28.9 Å². The molecule has 0 saturated heterocycles. The van der Waals surface area contributed by atoms with E-state index in [9.17, 15) is 27.7 Å². The van der Waals surface area contributed by atoms with Gasteiger partial charge in [0.25, 0.3) is 5.69 Å². The molecule has 6 nitrogen and oxygen atoms in total. The normalized spacial score (nSPS) is 10.9. The highest BCUT2D eigenvalue weighted by Gasteiger charge is 2.33. The zero-order valence-corrected chi connectivity index (χ0v) is 13.7. The van der Waals surface area contributed by atoms with E-state index < -0.39 is 22.4 Å². The quantitative estimate of drug-likeness (QED) is 0.313. The van der Waals surface area contributed by atoms with E-state index in [1.807, 2.05) is 0 Å². The first-order chi connectivity index (χ1) is 12.2. The molecule has 11 heteroatoms. The minimum atomic E-state index is -4.69. The minimum absolute atomic E-state index is 0.0449. The molecule has 0 aliphatic rings. The SMILES string of the molecule is O=[N+]([O-])c1cc(C(F)(F)F)ccc1NNC(=S)NCc1ccc(F)cc1. The van der Waals surface area contributed by atoms with E-state index in [1.165, 1.54) is 12.1 Å².